The number of rotatable bonds is 7. The molecule has 12 heteroatoms. The highest BCUT2D eigenvalue weighted by Gasteiger charge is 2.44. The number of carbonyl (C=O) groups excluding carboxylic acids is 2. The van der Waals surface area contributed by atoms with Crippen LogP contribution in [0.3, 0.4) is 0 Å². The number of allylic oxidation sites excluding steroid dienone is 4. The zero-order valence-corrected chi connectivity index (χ0v) is 25.9. The number of aromatic nitrogens is 2. The van der Waals surface area contributed by atoms with Crippen LogP contribution in [-0.4, -0.2) is 27.6 Å². The zero-order chi connectivity index (χ0) is 30.0. The van der Waals surface area contributed by atoms with Crippen LogP contribution < -0.4 is 16.0 Å². The SMILES string of the molecule is CC1(C)CC(=O)C2=C(C1)N(c1nnc(SCC(=O)Nc3ccc(Cl)cc3Cl)s1)C(N)=C(C#N)C2/C=C/c1ccccc1. The van der Waals surface area contributed by atoms with E-state index in [1.54, 1.807) is 23.1 Å². The first-order valence-corrected chi connectivity index (χ1v) is 15.5. The average molecular weight is 638 g/mol. The Hall–Kier alpha value is -3.62. The molecule has 214 valence electrons. The number of hydrogen-bond acceptors (Lipinski definition) is 9. The van der Waals surface area contributed by atoms with Gasteiger partial charge in [0.25, 0.3) is 0 Å². The molecule has 8 nitrogen and oxygen atoms in total. The van der Waals surface area contributed by atoms with Gasteiger partial charge in [0.15, 0.2) is 10.1 Å². The Morgan fingerprint density at radius 1 is 1.24 bits per heavy atom. The monoisotopic (exact) mass is 636 g/mol. The van der Waals surface area contributed by atoms with Crippen LogP contribution in [0.1, 0.15) is 32.3 Å². The molecule has 42 heavy (non-hydrogen) atoms. The Morgan fingerprint density at radius 2 is 2.00 bits per heavy atom. The van der Waals surface area contributed by atoms with Gasteiger partial charge in [-0.15, -0.1) is 10.2 Å². The number of carbonyl (C=O) groups is 2. The predicted molar refractivity (Wildman–Crippen MR) is 169 cm³/mol. The second-order valence-electron chi connectivity index (χ2n) is 10.6. The highest BCUT2D eigenvalue weighted by atomic mass is 35.5. The van der Waals surface area contributed by atoms with Crippen LogP contribution in [0.2, 0.25) is 10.0 Å². The lowest BCUT2D eigenvalue weighted by Gasteiger charge is -2.41. The molecule has 3 aromatic rings. The molecule has 1 aliphatic heterocycles. The highest BCUT2D eigenvalue weighted by molar-refractivity contribution is 8.01. The molecule has 1 unspecified atom stereocenters. The van der Waals surface area contributed by atoms with Crippen LogP contribution in [-0.2, 0) is 9.59 Å². The number of benzene rings is 2. The van der Waals surface area contributed by atoms with Crippen molar-refractivity contribution in [1.82, 2.24) is 10.2 Å². The van der Waals surface area contributed by atoms with E-state index in [4.69, 9.17) is 28.9 Å². The molecule has 0 saturated carbocycles. The molecule has 1 aromatic heterocycles. The molecule has 2 aliphatic rings. The molecule has 1 atom stereocenters. The van der Waals surface area contributed by atoms with E-state index in [2.05, 4.69) is 21.6 Å². The summed E-state index contributed by atoms with van der Waals surface area (Å²) in [4.78, 5) is 27.9. The molecular formula is C30H26Cl2N6O2S2. The van der Waals surface area contributed by atoms with Crippen molar-refractivity contribution >= 4 is 74.9 Å². The normalized spacial score (nSPS) is 18.3. The van der Waals surface area contributed by atoms with E-state index in [0.717, 1.165) is 11.3 Å². The minimum absolute atomic E-state index is 0.0224. The second kappa shape index (κ2) is 12.3. The summed E-state index contributed by atoms with van der Waals surface area (Å²) in [5, 5.41) is 22.8. The molecule has 2 heterocycles. The first-order valence-electron chi connectivity index (χ1n) is 13.0. The quantitative estimate of drug-likeness (QED) is 0.264. The van der Waals surface area contributed by atoms with E-state index in [0.29, 0.717) is 43.6 Å². The lowest BCUT2D eigenvalue weighted by molar-refractivity contribution is -0.118. The summed E-state index contributed by atoms with van der Waals surface area (Å²) in [5.41, 5.74) is 9.31. The molecule has 0 fully saturated rings. The topological polar surface area (TPSA) is 125 Å². The number of nitrogens with zero attached hydrogens (tertiary/aromatic N) is 4. The average Bonchev–Trinajstić information content (AvgIpc) is 3.40. The number of anilines is 2. The largest absolute Gasteiger partial charge is 0.384 e. The lowest BCUT2D eigenvalue weighted by atomic mass is 9.70. The van der Waals surface area contributed by atoms with Crippen molar-refractivity contribution in [3.63, 3.8) is 0 Å². The number of Topliss-reactive ketones (excluding diaryl/α,β-unsaturated/α-hetero) is 1. The van der Waals surface area contributed by atoms with E-state index >= 15 is 0 Å². The van der Waals surface area contributed by atoms with Crippen molar-refractivity contribution in [1.29, 1.82) is 5.26 Å². The van der Waals surface area contributed by atoms with Crippen molar-refractivity contribution in [3.8, 4) is 6.07 Å². The second-order valence-corrected chi connectivity index (χ2v) is 13.6. The molecule has 3 N–H and O–H groups in total. The molecule has 0 radical (unpaired) electrons. The Morgan fingerprint density at radius 3 is 2.71 bits per heavy atom. The maximum atomic E-state index is 13.6. The number of amides is 1. The molecule has 1 aliphatic carbocycles. The van der Waals surface area contributed by atoms with E-state index in [9.17, 15) is 14.9 Å². The summed E-state index contributed by atoms with van der Waals surface area (Å²) >= 11 is 14.5. The van der Waals surface area contributed by atoms with Gasteiger partial charge < -0.3 is 11.1 Å². The lowest BCUT2D eigenvalue weighted by Crippen LogP contribution is -2.42. The number of thioether (sulfide) groups is 1. The molecule has 0 bridgehead atoms. The zero-order valence-electron chi connectivity index (χ0n) is 22.7. The maximum Gasteiger partial charge on any atom is 0.234 e. The van der Waals surface area contributed by atoms with Crippen molar-refractivity contribution in [2.75, 3.05) is 16.0 Å². The molecular weight excluding hydrogens is 611 g/mol. The summed E-state index contributed by atoms with van der Waals surface area (Å²) < 4.78 is 0.531. The van der Waals surface area contributed by atoms with Gasteiger partial charge in [-0.2, -0.15) is 5.26 Å². The number of ketones is 1. The van der Waals surface area contributed by atoms with E-state index in [1.165, 1.54) is 23.1 Å². The first kappa shape index (κ1) is 29.9. The maximum absolute atomic E-state index is 13.6. The summed E-state index contributed by atoms with van der Waals surface area (Å²) in [5.74, 6) is -0.593. The van der Waals surface area contributed by atoms with Gasteiger partial charge in [0, 0.05) is 28.6 Å². The Kier molecular flexibility index (Phi) is 8.76. The number of nitrogens with two attached hydrogens (primary N) is 1. The Bertz CT molecular complexity index is 1690. The Labute approximate surface area is 261 Å². The van der Waals surface area contributed by atoms with Crippen LogP contribution >= 0.6 is 46.3 Å². The summed E-state index contributed by atoms with van der Waals surface area (Å²) in [6, 6.07) is 16.8. The van der Waals surface area contributed by atoms with E-state index in [1.807, 2.05) is 56.3 Å². The van der Waals surface area contributed by atoms with Crippen LogP contribution in [0.15, 0.2) is 81.6 Å². The fraction of sp³-hybridized carbons (Fsp3) is 0.233. The molecule has 0 spiro atoms. The third-order valence-electron chi connectivity index (χ3n) is 6.83. The van der Waals surface area contributed by atoms with Crippen LogP contribution in [0, 0.1) is 22.7 Å². The number of nitriles is 1. The van der Waals surface area contributed by atoms with Crippen LogP contribution in [0.4, 0.5) is 10.8 Å². The standard InChI is InChI=1S/C30H26Cl2N6O2S2/c1-30(2)13-23-26(24(39)14-30)19(10-8-17-6-4-3-5-7-17)20(15-33)27(34)38(23)28-36-37-29(42-28)41-16-25(40)35-22-11-9-18(31)12-21(22)32/h3-12,19H,13-14,16,34H2,1-2H3,(H,35,40)/b10-8+. The fourth-order valence-corrected chi connectivity index (χ4v) is 7.13. The van der Waals surface area contributed by atoms with Crippen molar-refractivity contribution < 1.29 is 9.59 Å². The van der Waals surface area contributed by atoms with Crippen molar-refractivity contribution in [3.05, 3.63) is 92.9 Å². The smallest absolute Gasteiger partial charge is 0.234 e. The minimum atomic E-state index is -0.574. The summed E-state index contributed by atoms with van der Waals surface area (Å²) in [7, 11) is 0. The third kappa shape index (κ3) is 6.40. The summed E-state index contributed by atoms with van der Waals surface area (Å²) in [6.07, 6.45) is 4.70. The fourth-order valence-electron chi connectivity index (χ4n) is 4.99. The highest BCUT2D eigenvalue weighted by Crippen LogP contribution is 2.48. The van der Waals surface area contributed by atoms with E-state index in [-0.39, 0.29) is 34.3 Å². The third-order valence-corrected chi connectivity index (χ3v) is 9.41. The number of nitrogens with one attached hydrogen (secondary N) is 1. The number of halogens is 2. The Balaban J connectivity index is 1.43. The van der Waals surface area contributed by atoms with Gasteiger partial charge in [0.05, 0.1) is 28.1 Å². The molecule has 1 amide bonds. The first-order chi connectivity index (χ1) is 20.1. The molecule has 5 rings (SSSR count). The van der Waals surface area contributed by atoms with Gasteiger partial charge in [0.1, 0.15) is 5.82 Å². The van der Waals surface area contributed by atoms with Crippen molar-refractivity contribution in [2.24, 2.45) is 17.1 Å². The van der Waals surface area contributed by atoms with Gasteiger partial charge in [-0.3, -0.25) is 14.5 Å². The predicted octanol–water partition coefficient (Wildman–Crippen LogP) is 7.06. The van der Waals surface area contributed by atoms with Gasteiger partial charge in [0.2, 0.25) is 11.0 Å². The van der Waals surface area contributed by atoms with Crippen LogP contribution in [0.25, 0.3) is 6.08 Å². The van der Waals surface area contributed by atoms with Gasteiger partial charge >= 0.3 is 0 Å². The van der Waals surface area contributed by atoms with Gasteiger partial charge in [-0.25, -0.2) is 0 Å². The van der Waals surface area contributed by atoms with Gasteiger partial charge in [-0.05, 0) is 35.6 Å². The van der Waals surface area contributed by atoms with Crippen LogP contribution in [0.5, 0.6) is 0 Å². The number of hydrogen-bond donors (Lipinski definition) is 2. The van der Waals surface area contributed by atoms with Gasteiger partial charge in [-0.1, -0.05) is 103 Å². The molecule has 2 aromatic carbocycles. The summed E-state index contributed by atoms with van der Waals surface area (Å²) in [6.45, 7) is 4.07. The van der Waals surface area contributed by atoms with Crippen molar-refractivity contribution in [2.45, 2.75) is 31.0 Å². The van der Waals surface area contributed by atoms with E-state index < -0.39 is 5.92 Å². The minimum Gasteiger partial charge on any atom is -0.384 e. The molecule has 0 saturated heterocycles.